The molecule has 0 bridgehead atoms. The Morgan fingerprint density at radius 3 is 2.50 bits per heavy atom. The molecule has 2 rings (SSSR count). The lowest BCUT2D eigenvalue weighted by Gasteiger charge is -2.08. The largest absolute Gasteiger partial charge is 0.494 e. The topological polar surface area (TPSA) is 59.1 Å². The molecule has 0 radical (unpaired) electrons. The third-order valence-electron chi connectivity index (χ3n) is 3.14. The number of nitrogen functional groups attached to an aromatic ring is 1. The van der Waals surface area contributed by atoms with Crippen LogP contribution >= 0.6 is 12.4 Å². The predicted octanol–water partition coefficient (Wildman–Crippen LogP) is 4.11. The summed E-state index contributed by atoms with van der Waals surface area (Å²) >= 11 is 0. The van der Waals surface area contributed by atoms with Gasteiger partial charge in [-0.25, -0.2) is 0 Å². The quantitative estimate of drug-likeness (QED) is 0.478. The number of benzene rings is 2. The number of hydrogen-bond acceptors (Lipinski definition) is 2. The van der Waals surface area contributed by atoms with Crippen molar-refractivity contribution in [3.05, 3.63) is 42.0 Å². The van der Waals surface area contributed by atoms with Gasteiger partial charge < -0.3 is 10.5 Å². The lowest BCUT2D eigenvalue weighted by Crippen LogP contribution is -2.10. The molecule has 0 unspecified atom stereocenters. The van der Waals surface area contributed by atoms with Crippen molar-refractivity contribution in [3.8, 4) is 5.75 Å². The number of nitrogens with two attached hydrogens (primary N) is 1. The first kappa shape index (κ1) is 16.3. The lowest BCUT2D eigenvalue weighted by molar-refractivity contribution is 0.306. The van der Waals surface area contributed by atoms with E-state index in [9.17, 15) is 0 Å². The van der Waals surface area contributed by atoms with Crippen molar-refractivity contribution in [2.45, 2.75) is 26.2 Å². The fourth-order valence-electron chi connectivity index (χ4n) is 2.02. The zero-order chi connectivity index (χ0) is 13.7. The number of rotatable bonds is 6. The van der Waals surface area contributed by atoms with E-state index < -0.39 is 0 Å². The van der Waals surface area contributed by atoms with E-state index in [4.69, 9.17) is 15.9 Å². The van der Waals surface area contributed by atoms with Crippen molar-refractivity contribution in [2.24, 2.45) is 5.73 Å². The molecule has 0 saturated carbocycles. The summed E-state index contributed by atoms with van der Waals surface area (Å²) in [4.78, 5) is 0. The van der Waals surface area contributed by atoms with Gasteiger partial charge in [0, 0.05) is 5.56 Å². The molecule has 0 saturated heterocycles. The minimum Gasteiger partial charge on any atom is -0.494 e. The first-order chi connectivity index (χ1) is 9.20. The maximum absolute atomic E-state index is 7.44. The fourth-order valence-corrected chi connectivity index (χ4v) is 2.02. The zero-order valence-corrected chi connectivity index (χ0v) is 12.5. The summed E-state index contributed by atoms with van der Waals surface area (Å²) in [5, 5.41) is 9.62. The molecule has 0 spiro atoms. The van der Waals surface area contributed by atoms with Crippen LogP contribution in [0, 0.1) is 5.41 Å². The predicted molar refractivity (Wildman–Crippen MR) is 87.2 cm³/mol. The summed E-state index contributed by atoms with van der Waals surface area (Å²) in [5.41, 5.74) is 6.24. The van der Waals surface area contributed by atoms with E-state index in [1.807, 2.05) is 36.4 Å². The highest BCUT2D eigenvalue weighted by Crippen LogP contribution is 2.22. The second-order valence-electron chi connectivity index (χ2n) is 4.69. The normalized spacial score (nSPS) is 10.1. The number of amidine groups is 1. The van der Waals surface area contributed by atoms with Gasteiger partial charge in [0.05, 0.1) is 6.61 Å². The molecule has 3 nitrogen and oxygen atoms in total. The van der Waals surface area contributed by atoms with Gasteiger partial charge in [-0.2, -0.15) is 0 Å². The molecule has 0 aliphatic carbocycles. The van der Waals surface area contributed by atoms with E-state index in [2.05, 4.69) is 6.92 Å². The van der Waals surface area contributed by atoms with E-state index >= 15 is 0 Å². The highest BCUT2D eigenvalue weighted by molar-refractivity contribution is 5.99. The van der Waals surface area contributed by atoms with Crippen molar-refractivity contribution >= 4 is 29.0 Å². The molecule has 2 aromatic rings. The van der Waals surface area contributed by atoms with Crippen LogP contribution in [0.5, 0.6) is 5.75 Å². The van der Waals surface area contributed by atoms with Gasteiger partial charge in [0.1, 0.15) is 11.6 Å². The highest BCUT2D eigenvalue weighted by Gasteiger charge is 2.01. The first-order valence-corrected chi connectivity index (χ1v) is 6.71. The Labute approximate surface area is 126 Å². The minimum absolute atomic E-state index is 0. The summed E-state index contributed by atoms with van der Waals surface area (Å²) in [7, 11) is 0. The Balaban J connectivity index is 0.00000200. The Morgan fingerprint density at radius 2 is 1.80 bits per heavy atom. The molecule has 0 heterocycles. The van der Waals surface area contributed by atoms with E-state index in [0.717, 1.165) is 35.1 Å². The molecule has 0 atom stereocenters. The maximum Gasteiger partial charge on any atom is 0.122 e. The van der Waals surface area contributed by atoms with Crippen LogP contribution in [0.4, 0.5) is 0 Å². The van der Waals surface area contributed by atoms with Gasteiger partial charge in [0.15, 0.2) is 0 Å². The molecule has 0 aliphatic rings. The maximum atomic E-state index is 7.44. The highest BCUT2D eigenvalue weighted by atomic mass is 35.5. The molecular formula is C16H21ClN2O. The van der Waals surface area contributed by atoms with Crippen molar-refractivity contribution < 1.29 is 4.74 Å². The smallest absolute Gasteiger partial charge is 0.122 e. The van der Waals surface area contributed by atoms with E-state index in [-0.39, 0.29) is 18.2 Å². The van der Waals surface area contributed by atoms with Crippen LogP contribution in [0.1, 0.15) is 31.7 Å². The van der Waals surface area contributed by atoms with Crippen LogP contribution in [0.2, 0.25) is 0 Å². The lowest BCUT2D eigenvalue weighted by atomic mass is 10.1. The number of ether oxygens (including phenoxy) is 1. The molecule has 0 aliphatic heterocycles. The molecule has 108 valence electrons. The number of halogens is 1. The van der Waals surface area contributed by atoms with Gasteiger partial charge in [0.2, 0.25) is 0 Å². The minimum atomic E-state index is 0. The molecule has 0 aromatic heterocycles. The Hall–Kier alpha value is -1.74. The summed E-state index contributed by atoms with van der Waals surface area (Å²) in [6, 6.07) is 11.8. The van der Waals surface area contributed by atoms with Crippen LogP contribution in [0.25, 0.3) is 10.8 Å². The summed E-state index contributed by atoms with van der Waals surface area (Å²) in [6.07, 6.45) is 3.50. The third kappa shape index (κ3) is 4.14. The van der Waals surface area contributed by atoms with Crippen LogP contribution in [-0.4, -0.2) is 12.4 Å². The number of nitrogens with one attached hydrogen (secondary N) is 1. The van der Waals surface area contributed by atoms with E-state index in [0.29, 0.717) is 0 Å². The van der Waals surface area contributed by atoms with Gasteiger partial charge in [-0.3, -0.25) is 5.41 Å². The second kappa shape index (κ2) is 7.75. The molecule has 4 heteroatoms. The SMILES string of the molecule is CCCCCOc1ccc2cc(C(=N)N)ccc2c1.Cl. The molecule has 2 aromatic carbocycles. The van der Waals surface area contributed by atoms with Crippen molar-refractivity contribution in [1.29, 1.82) is 5.41 Å². The van der Waals surface area contributed by atoms with Crippen LogP contribution < -0.4 is 10.5 Å². The van der Waals surface area contributed by atoms with Crippen LogP contribution in [0.15, 0.2) is 36.4 Å². The molecule has 20 heavy (non-hydrogen) atoms. The number of fused-ring (bicyclic) bond motifs is 1. The van der Waals surface area contributed by atoms with Gasteiger partial charge in [-0.15, -0.1) is 12.4 Å². The third-order valence-corrected chi connectivity index (χ3v) is 3.14. The number of unbranched alkanes of at least 4 members (excludes halogenated alkanes) is 2. The molecule has 0 amide bonds. The molecule has 3 N–H and O–H groups in total. The summed E-state index contributed by atoms with van der Waals surface area (Å²) < 4.78 is 5.73. The summed E-state index contributed by atoms with van der Waals surface area (Å²) in [6.45, 7) is 2.95. The van der Waals surface area contributed by atoms with Gasteiger partial charge >= 0.3 is 0 Å². The zero-order valence-electron chi connectivity index (χ0n) is 11.7. The van der Waals surface area contributed by atoms with E-state index in [1.54, 1.807) is 0 Å². The Bertz CT molecular complexity index is 584. The van der Waals surface area contributed by atoms with Crippen molar-refractivity contribution in [2.75, 3.05) is 6.61 Å². The van der Waals surface area contributed by atoms with Gasteiger partial charge in [-0.05, 0) is 35.4 Å². The standard InChI is InChI=1S/C16H20N2O.ClH/c1-2-3-4-9-19-15-8-7-12-10-14(16(17)18)6-5-13(12)11-15;/h5-8,10-11H,2-4,9H2,1H3,(H3,17,18);1H. The fraction of sp³-hybridized carbons (Fsp3) is 0.312. The molecule has 0 fully saturated rings. The van der Waals surface area contributed by atoms with E-state index in [1.165, 1.54) is 12.8 Å². The van der Waals surface area contributed by atoms with Crippen LogP contribution in [-0.2, 0) is 0 Å². The summed E-state index contributed by atoms with van der Waals surface area (Å²) in [5.74, 6) is 1.00. The van der Waals surface area contributed by atoms with Gasteiger partial charge in [0.25, 0.3) is 0 Å². The Kier molecular flexibility index (Phi) is 6.32. The average Bonchev–Trinajstić information content (AvgIpc) is 2.43. The number of hydrogen-bond donors (Lipinski definition) is 2. The monoisotopic (exact) mass is 292 g/mol. The molecular weight excluding hydrogens is 272 g/mol. The first-order valence-electron chi connectivity index (χ1n) is 6.71. The van der Waals surface area contributed by atoms with Gasteiger partial charge in [-0.1, -0.05) is 38.0 Å². The van der Waals surface area contributed by atoms with Crippen LogP contribution in [0.3, 0.4) is 0 Å². The van der Waals surface area contributed by atoms with Crippen molar-refractivity contribution in [1.82, 2.24) is 0 Å². The second-order valence-corrected chi connectivity index (χ2v) is 4.69. The average molecular weight is 293 g/mol. The van der Waals surface area contributed by atoms with Crippen molar-refractivity contribution in [3.63, 3.8) is 0 Å². The Morgan fingerprint density at radius 1 is 1.10 bits per heavy atom.